The summed E-state index contributed by atoms with van der Waals surface area (Å²) < 4.78 is 4.89. The van der Waals surface area contributed by atoms with E-state index >= 15 is 0 Å². The zero-order valence-corrected chi connectivity index (χ0v) is 25.9. The number of para-hydroxylation sites is 3. The maximum absolute atomic E-state index is 5.45. The highest BCUT2D eigenvalue weighted by atomic mass is 15.4. The van der Waals surface area contributed by atoms with Gasteiger partial charge in [0, 0.05) is 44.9 Å². The molecule has 0 saturated heterocycles. The third-order valence-corrected chi connectivity index (χ3v) is 9.89. The Morgan fingerprint density at radius 3 is 2.04 bits per heavy atom. The Balaban J connectivity index is 1.34. The monoisotopic (exact) mass is 602 g/mol. The maximum atomic E-state index is 5.45. The second kappa shape index (κ2) is 9.93. The summed E-state index contributed by atoms with van der Waals surface area (Å²) in [5.41, 5.74) is 8.27. The minimum Gasteiger partial charge on any atom is -0.335 e. The molecule has 0 spiro atoms. The Labute approximate surface area is 271 Å². The number of fused-ring (bicyclic) bond motifs is 9. The number of benzene rings is 7. The topological polar surface area (TPSA) is 25.5 Å². The molecule has 1 atom stereocenters. The van der Waals surface area contributed by atoms with Crippen LogP contribution in [-0.2, 0) is 0 Å². The van der Waals surface area contributed by atoms with Gasteiger partial charge in [0.2, 0.25) is 6.29 Å². The van der Waals surface area contributed by atoms with Crippen LogP contribution in [0.2, 0.25) is 0 Å². The van der Waals surface area contributed by atoms with E-state index in [-0.39, 0.29) is 6.29 Å². The first-order chi connectivity index (χ1) is 23.3. The standard InChI is InChI=1S/C43H30N4/c1-45-41(29-15-4-2-5-16-29)34-21-10-12-22-37(34)44-43(45)47-38-23-13-11-20-32(38)35-26-36-33-25-24-28-14-8-9-19-31(28)42(33)46(39(36)27-40(35)47)30-17-6-3-7-18-30/h2-27,43H,1H3. The molecule has 9 aromatic rings. The third kappa shape index (κ3) is 3.73. The van der Waals surface area contributed by atoms with Crippen molar-refractivity contribution < 1.29 is 0 Å². The summed E-state index contributed by atoms with van der Waals surface area (Å²) >= 11 is 0. The average molecular weight is 603 g/mol. The molecule has 47 heavy (non-hydrogen) atoms. The van der Waals surface area contributed by atoms with Crippen LogP contribution in [-0.4, -0.2) is 21.1 Å². The molecule has 0 radical (unpaired) electrons. The molecule has 0 fully saturated rings. The quantitative estimate of drug-likeness (QED) is 0.198. The zero-order chi connectivity index (χ0) is 31.1. The van der Waals surface area contributed by atoms with Crippen LogP contribution in [0, 0.1) is 0 Å². The van der Waals surface area contributed by atoms with Crippen molar-refractivity contribution in [2.45, 2.75) is 6.29 Å². The molecule has 0 bridgehead atoms. The van der Waals surface area contributed by atoms with Gasteiger partial charge in [0.25, 0.3) is 0 Å². The van der Waals surface area contributed by atoms with Crippen molar-refractivity contribution in [1.29, 1.82) is 0 Å². The number of rotatable bonds is 3. The minimum atomic E-state index is -0.282. The van der Waals surface area contributed by atoms with Gasteiger partial charge in [-0.25, -0.2) is 4.99 Å². The highest BCUT2D eigenvalue weighted by Gasteiger charge is 2.28. The molecule has 4 nitrogen and oxygen atoms in total. The highest BCUT2D eigenvalue weighted by Crippen LogP contribution is 2.42. The average Bonchev–Trinajstić information content (AvgIpc) is 3.63. The summed E-state index contributed by atoms with van der Waals surface area (Å²) in [6.45, 7) is 0. The number of hydrogen-bond acceptors (Lipinski definition) is 2. The second-order valence-electron chi connectivity index (χ2n) is 12.4. The molecular formula is C43H30N4. The van der Waals surface area contributed by atoms with Crippen LogP contribution in [0.1, 0.15) is 11.9 Å². The van der Waals surface area contributed by atoms with Crippen molar-refractivity contribution in [3.63, 3.8) is 0 Å². The van der Waals surface area contributed by atoms with Crippen LogP contribution >= 0.6 is 0 Å². The lowest BCUT2D eigenvalue weighted by atomic mass is 10.0. The SMILES string of the molecule is CN1C(c2ccccc2)=c2ccccc2=NC1n1c2ccccc2c2cc3c4ccc5ccccc5c4n(-c4ccccc4)c3cc21. The molecule has 222 valence electrons. The van der Waals surface area contributed by atoms with Gasteiger partial charge in [-0.1, -0.05) is 121 Å². The smallest absolute Gasteiger partial charge is 0.203 e. The molecule has 1 aliphatic rings. The largest absolute Gasteiger partial charge is 0.335 e. The zero-order valence-electron chi connectivity index (χ0n) is 25.9. The summed E-state index contributed by atoms with van der Waals surface area (Å²) in [6, 6.07) is 56.9. The van der Waals surface area contributed by atoms with E-state index in [4.69, 9.17) is 4.99 Å². The maximum Gasteiger partial charge on any atom is 0.203 e. The van der Waals surface area contributed by atoms with E-state index < -0.39 is 0 Å². The number of aromatic nitrogens is 2. The van der Waals surface area contributed by atoms with Crippen molar-refractivity contribution in [2.75, 3.05) is 7.05 Å². The van der Waals surface area contributed by atoms with Gasteiger partial charge < -0.3 is 14.0 Å². The van der Waals surface area contributed by atoms with Crippen LogP contribution in [0.25, 0.3) is 65.8 Å². The van der Waals surface area contributed by atoms with Gasteiger partial charge in [0.1, 0.15) is 0 Å². The van der Waals surface area contributed by atoms with E-state index in [1.807, 2.05) is 0 Å². The van der Waals surface area contributed by atoms with Gasteiger partial charge in [-0.2, -0.15) is 0 Å². The summed E-state index contributed by atoms with van der Waals surface area (Å²) in [7, 11) is 2.18. The Morgan fingerprint density at radius 2 is 1.19 bits per heavy atom. The van der Waals surface area contributed by atoms with Gasteiger partial charge >= 0.3 is 0 Å². The lowest BCUT2D eigenvalue weighted by Crippen LogP contribution is -2.42. The fourth-order valence-electron chi connectivity index (χ4n) is 7.85. The van der Waals surface area contributed by atoms with Crippen molar-refractivity contribution in [3.05, 3.63) is 174 Å². The van der Waals surface area contributed by atoms with Crippen LogP contribution in [0.5, 0.6) is 0 Å². The van der Waals surface area contributed by atoms with E-state index in [9.17, 15) is 0 Å². The molecule has 1 aliphatic heterocycles. The van der Waals surface area contributed by atoms with E-state index in [0.29, 0.717) is 0 Å². The fraction of sp³-hybridized carbons (Fsp3) is 0.0465. The second-order valence-corrected chi connectivity index (χ2v) is 12.4. The van der Waals surface area contributed by atoms with Gasteiger partial charge in [0.05, 0.1) is 33.1 Å². The lowest BCUT2D eigenvalue weighted by Gasteiger charge is -2.34. The predicted molar refractivity (Wildman–Crippen MR) is 194 cm³/mol. The Bertz CT molecular complexity index is 2810. The van der Waals surface area contributed by atoms with Crippen LogP contribution in [0.4, 0.5) is 0 Å². The van der Waals surface area contributed by atoms with Crippen LogP contribution in [0.3, 0.4) is 0 Å². The molecule has 0 N–H and O–H groups in total. The van der Waals surface area contributed by atoms with Crippen molar-refractivity contribution in [2.24, 2.45) is 4.99 Å². The molecule has 7 aromatic carbocycles. The Hall–Kier alpha value is -6.13. The van der Waals surface area contributed by atoms with Gasteiger partial charge in [-0.3, -0.25) is 0 Å². The third-order valence-electron chi connectivity index (χ3n) is 9.89. The molecule has 1 unspecified atom stereocenters. The summed E-state index contributed by atoms with van der Waals surface area (Å²) in [5.74, 6) is 0. The highest BCUT2D eigenvalue weighted by molar-refractivity contribution is 6.23. The normalized spacial score (nSPS) is 14.8. The van der Waals surface area contributed by atoms with Crippen LogP contribution < -0.4 is 10.6 Å². The molecule has 0 saturated carbocycles. The van der Waals surface area contributed by atoms with E-state index in [1.165, 1.54) is 60.1 Å². The fourth-order valence-corrected chi connectivity index (χ4v) is 7.85. The summed E-state index contributed by atoms with van der Waals surface area (Å²) in [5, 5.41) is 9.62. The number of nitrogens with zero attached hydrogens (tertiary/aromatic N) is 4. The summed E-state index contributed by atoms with van der Waals surface area (Å²) in [6.07, 6.45) is -0.282. The Kier molecular flexibility index (Phi) is 5.52. The van der Waals surface area contributed by atoms with E-state index in [0.717, 1.165) is 21.8 Å². The van der Waals surface area contributed by atoms with Crippen molar-refractivity contribution in [3.8, 4) is 5.69 Å². The lowest BCUT2D eigenvalue weighted by molar-refractivity contribution is 0.271. The first kappa shape index (κ1) is 26.1. The first-order valence-electron chi connectivity index (χ1n) is 16.2. The van der Waals surface area contributed by atoms with Crippen molar-refractivity contribution >= 4 is 60.1 Å². The molecular weight excluding hydrogens is 573 g/mol. The van der Waals surface area contributed by atoms with E-state index in [2.05, 4.69) is 179 Å². The van der Waals surface area contributed by atoms with Gasteiger partial charge in [-0.05, 0) is 47.3 Å². The molecule has 2 aromatic heterocycles. The van der Waals surface area contributed by atoms with E-state index in [1.54, 1.807) is 0 Å². The minimum absolute atomic E-state index is 0.282. The predicted octanol–water partition coefficient (Wildman–Crippen LogP) is 8.92. The van der Waals surface area contributed by atoms with Gasteiger partial charge in [0.15, 0.2) is 0 Å². The first-order valence-corrected chi connectivity index (χ1v) is 16.2. The molecule has 4 heteroatoms. The van der Waals surface area contributed by atoms with Crippen molar-refractivity contribution in [1.82, 2.24) is 14.0 Å². The molecule has 0 aliphatic carbocycles. The molecule has 0 amide bonds. The number of hydrogen-bond donors (Lipinski definition) is 0. The Morgan fingerprint density at radius 1 is 0.511 bits per heavy atom. The van der Waals surface area contributed by atoms with Crippen LogP contribution in [0.15, 0.2) is 163 Å². The molecule has 3 heterocycles. The summed E-state index contributed by atoms with van der Waals surface area (Å²) in [4.78, 5) is 7.79. The molecule has 10 rings (SSSR count). The van der Waals surface area contributed by atoms with Gasteiger partial charge in [-0.15, -0.1) is 0 Å².